The Kier molecular flexibility index (Phi) is 3.67. The molecule has 0 aliphatic heterocycles. The van der Waals surface area contributed by atoms with E-state index in [4.69, 9.17) is 10.2 Å². The maximum absolute atomic E-state index is 11.1. The Morgan fingerprint density at radius 3 is 2.89 bits per heavy atom. The summed E-state index contributed by atoms with van der Waals surface area (Å²) in [6.07, 6.45) is 2.45. The molecule has 0 radical (unpaired) electrons. The molecule has 1 aromatic carbocycles. The predicted octanol–water partition coefficient (Wildman–Crippen LogP) is 2.42. The number of hydrogen-bond acceptors (Lipinski definition) is 3. The van der Waals surface area contributed by atoms with Gasteiger partial charge in [0.2, 0.25) is 5.91 Å². The number of carbonyl (C=O) groups excluding carboxylic acids is 1. The summed E-state index contributed by atoms with van der Waals surface area (Å²) in [6, 6.07) is 11.2. The summed E-state index contributed by atoms with van der Waals surface area (Å²) >= 11 is 0. The Labute approximate surface area is 106 Å². The molecule has 94 valence electrons. The van der Waals surface area contributed by atoms with Gasteiger partial charge >= 0.3 is 0 Å². The number of nitrogens with one attached hydrogen (secondary N) is 1. The molecular formula is C14H16N2O2. The zero-order valence-corrected chi connectivity index (χ0v) is 10.2. The number of primary amides is 1. The van der Waals surface area contributed by atoms with Crippen molar-refractivity contribution in [3.8, 4) is 0 Å². The van der Waals surface area contributed by atoms with Crippen LogP contribution in [0.1, 0.15) is 23.0 Å². The Bertz CT molecular complexity index is 520. The van der Waals surface area contributed by atoms with Crippen LogP contribution in [0.25, 0.3) is 0 Å². The smallest absolute Gasteiger partial charge is 0.248 e. The molecule has 0 saturated heterocycles. The average Bonchev–Trinajstić information content (AvgIpc) is 2.82. The summed E-state index contributed by atoms with van der Waals surface area (Å²) in [5.41, 5.74) is 6.63. The lowest BCUT2D eigenvalue weighted by Crippen LogP contribution is -2.18. The minimum atomic E-state index is -0.419. The maximum Gasteiger partial charge on any atom is 0.248 e. The van der Waals surface area contributed by atoms with E-state index in [1.807, 2.05) is 24.3 Å². The fraction of sp³-hybridized carbons (Fsp3) is 0.214. The topological polar surface area (TPSA) is 68.3 Å². The molecule has 0 saturated carbocycles. The first kappa shape index (κ1) is 12.2. The normalized spacial score (nSPS) is 12.1. The van der Waals surface area contributed by atoms with Gasteiger partial charge in [-0.15, -0.1) is 0 Å². The van der Waals surface area contributed by atoms with Gasteiger partial charge in [-0.2, -0.15) is 0 Å². The van der Waals surface area contributed by atoms with Crippen LogP contribution < -0.4 is 11.1 Å². The minimum absolute atomic E-state index is 0.208. The number of amides is 1. The van der Waals surface area contributed by atoms with E-state index < -0.39 is 5.91 Å². The Hall–Kier alpha value is -2.23. The van der Waals surface area contributed by atoms with Crippen LogP contribution in [-0.4, -0.2) is 11.9 Å². The molecule has 0 spiro atoms. The van der Waals surface area contributed by atoms with Crippen molar-refractivity contribution in [1.29, 1.82) is 0 Å². The summed E-state index contributed by atoms with van der Waals surface area (Å²) in [5.74, 6) is 0.512. The molecule has 0 aliphatic rings. The lowest BCUT2D eigenvalue weighted by atomic mass is 10.1. The molecular weight excluding hydrogens is 228 g/mol. The van der Waals surface area contributed by atoms with Crippen molar-refractivity contribution in [3.63, 3.8) is 0 Å². The summed E-state index contributed by atoms with van der Waals surface area (Å²) < 4.78 is 5.29. The van der Waals surface area contributed by atoms with Crippen molar-refractivity contribution >= 4 is 11.6 Å². The van der Waals surface area contributed by atoms with Gasteiger partial charge in [-0.3, -0.25) is 4.79 Å². The number of anilines is 1. The third-order valence-corrected chi connectivity index (χ3v) is 2.65. The summed E-state index contributed by atoms with van der Waals surface area (Å²) in [6.45, 7) is 2.06. The van der Waals surface area contributed by atoms with Gasteiger partial charge in [-0.05, 0) is 37.3 Å². The molecule has 18 heavy (non-hydrogen) atoms. The highest BCUT2D eigenvalue weighted by molar-refractivity contribution is 5.93. The van der Waals surface area contributed by atoms with Crippen LogP contribution in [0.15, 0.2) is 47.1 Å². The van der Waals surface area contributed by atoms with Crippen LogP contribution in [0.4, 0.5) is 5.69 Å². The van der Waals surface area contributed by atoms with Crippen molar-refractivity contribution in [2.75, 3.05) is 5.32 Å². The van der Waals surface area contributed by atoms with Crippen molar-refractivity contribution in [2.45, 2.75) is 19.4 Å². The zero-order chi connectivity index (χ0) is 13.0. The number of rotatable bonds is 5. The molecule has 1 aromatic heterocycles. The van der Waals surface area contributed by atoms with Gasteiger partial charge in [0.05, 0.1) is 6.26 Å². The Morgan fingerprint density at radius 1 is 1.39 bits per heavy atom. The van der Waals surface area contributed by atoms with E-state index in [0.717, 1.165) is 17.9 Å². The van der Waals surface area contributed by atoms with Crippen LogP contribution in [0, 0.1) is 0 Å². The fourth-order valence-corrected chi connectivity index (χ4v) is 1.83. The lowest BCUT2D eigenvalue weighted by Gasteiger charge is -2.14. The molecule has 1 heterocycles. The number of carbonyl (C=O) groups is 1. The van der Waals surface area contributed by atoms with Gasteiger partial charge in [-0.1, -0.05) is 6.07 Å². The largest absolute Gasteiger partial charge is 0.469 e. The first-order valence-electron chi connectivity index (χ1n) is 5.84. The van der Waals surface area contributed by atoms with E-state index in [1.165, 1.54) is 0 Å². The van der Waals surface area contributed by atoms with Crippen molar-refractivity contribution < 1.29 is 9.21 Å². The highest BCUT2D eigenvalue weighted by Gasteiger charge is 2.07. The van der Waals surface area contributed by atoms with Crippen molar-refractivity contribution in [1.82, 2.24) is 0 Å². The lowest BCUT2D eigenvalue weighted by molar-refractivity contribution is 0.100. The van der Waals surface area contributed by atoms with Gasteiger partial charge in [0.25, 0.3) is 0 Å². The van der Waals surface area contributed by atoms with Gasteiger partial charge in [0.15, 0.2) is 0 Å². The van der Waals surface area contributed by atoms with Crippen LogP contribution >= 0.6 is 0 Å². The second-order valence-corrected chi connectivity index (χ2v) is 4.27. The second kappa shape index (κ2) is 5.40. The first-order valence-corrected chi connectivity index (χ1v) is 5.84. The van der Waals surface area contributed by atoms with Gasteiger partial charge in [0.1, 0.15) is 5.76 Å². The quantitative estimate of drug-likeness (QED) is 0.848. The summed E-state index contributed by atoms with van der Waals surface area (Å²) in [5, 5.41) is 3.31. The Balaban J connectivity index is 2.00. The van der Waals surface area contributed by atoms with Gasteiger partial charge in [-0.25, -0.2) is 0 Å². The van der Waals surface area contributed by atoms with E-state index >= 15 is 0 Å². The number of nitrogens with two attached hydrogens (primary N) is 1. The molecule has 1 amide bonds. The summed E-state index contributed by atoms with van der Waals surface area (Å²) in [4.78, 5) is 11.1. The van der Waals surface area contributed by atoms with Crippen molar-refractivity contribution in [2.24, 2.45) is 5.73 Å². The molecule has 1 atom stereocenters. The molecule has 1 unspecified atom stereocenters. The molecule has 2 rings (SSSR count). The molecule has 3 N–H and O–H groups in total. The van der Waals surface area contributed by atoms with E-state index in [-0.39, 0.29) is 6.04 Å². The maximum atomic E-state index is 11.1. The predicted molar refractivity (Wildman–Crippen MR) is 70.5 cm³/mol. The highest BCUT2D eigenvalue weighted by Crippen LogP contribution is 2.13. The third-order valence-electron chi connectivity index (χ3n) is 2.65. The number of hydrogen-bond donors (Lipinski definition) is 2. The zero-order valence-electron chi connectivity index (χ0n) is 10.2. The minimum Gasteiger partial charge on any atom is -0.469 e. The highest BCUT2D eigenvalue weighted by atomic mass is 16.3. The first-order chi connectivity index (χ1) is 8.65. The molecule has 0 fully saturated rings. The molecule has 4 heteroatoms. The van der Waals surface area contributed by atoms with Crippen molar-refractivity contribution in [3.05, 3.63) is 54.0 Å². The summed E-state index contributed by atoms with van der Waals surface area (Å²) in [7, 11) is 0. The second-order valence-electron chi connectivity index (χ2n) is 4.27. The fourth-order valence-electron chi connectivity index (χ4n) is 1.83. The van der Waals surface area contributed by atoms with E-state index in [2.05, 4.69) is 12.2 Å². The Morgan fingerprint density at radius 2 is 2.22 bits per heavy atom. The van der Waals surface area contributed by atoms with Crippen LogP contribution in [0.5, 0.6) is 0 Å². The SMILES string of the molecule is CC(Cc1ccco1)Nc1cccc(C(N)=O)c1. The van der Waals surface area contributed by atoms with E-state index in [1.54, 1.807) is 18.4 Å². The van der Waals surface area contributed by atoms with Gasteiger partial charge in [0, 0.05) is 23.7 Å². The molecule has 0 aliphatic carbocycles. The van der Waals surface area contributed by atoms with Crippen LogP contribution in [-0.2, 0) is 6.42 Å². The molecule has 2 aromatic rings. The van der Waals surface area contributed by atoms with Crippen LogP contribution in [0.3, 0.4) is 0 Å². The average molecular weight is 244 g/mol. The van der Waals surface area contributed by atoms with Gasteiger partial charge < -0.3 is 15.5 Å². The monoisotopic (exact) mass is 244 g/mol. The third kappa shape index (κ3) is 3.13. The molecule has 4 nitrogen and oxygen atoms in total. The molecule has 0 bridgehead atoms. The van der Waals surface area contributed by atoms with E-state index in [0.29, 0.717) is 5.56 Å². The number of furan rings is 1. The standard InChI is InChI=1S/C14H16N2O2/c1-10(8-13-6-3-7-18-13)16-12-5-2-4-11(9-12)14(15)17/h2-7,9-10,16H,8H2,1H3,(H2,15,17). The van der Waals surface area contributed by atoms with Crippen LogP contribution in [0.2, 0.25) is 0 Å². The number of benzene rings is 1. The van der Waals surface area contributed by atoms with E-state index in [9.17, 15) is 4.79 Å².